The van der Waals surface area contributed by atoms with E-state index in [-0.39, 0.29) is 29.2 Å². The molecule has 2 aromatic rings. The van der Waals surface area contributed by atoms with Crippen LogP contribution in [0.2, 0.25) is 0 Å². The lowest BCUT2D eigenvalue weighted by molar-refractivity contribution is 0.0659. The van der Waals surface area contributed by atoms with Crippen LogP contribution in [0.1, 0.15) is 39.4 Å². The van der Waals surface area contributed by atoms with Gasteiger partial charge in [0.15, 0.2) is 5.69 Å². The van der Waals surface area contributed by atoms with E-state index in [0.717, 1.165) is 30.3 Å². The van der Waals surface area contributed by atoms with Crippen molar-refractivity contribution in [2.75, 3.05) is 25.0 Å². The first-order valence-electron chi connectivity index (χ1n) is 9.38. The van der Waals surface area contributed by atoms with Crippen LogP contribution in [0.4, 0.5) is 10.5 Å². The van der Waals surface area contributed by atoms with E-state index in [0.29, 0.717) is 19.6 Å². The van der Waals surface area contributed by atoms with Crippen LogP contribution in [0.3, 0.4) is 0 Å². The van der Waals surface area contributed by atoms with E-state index in [1.54, 1.807) is 4.90 Å². The number of aryl methyl sites for hydroxylation is 1. The molecule has 1 aliphatic rings. The Kier molecular flexibility index (Phi) is 6.38. The second kappa shape index (κ2) is 9.13. The first-order valence-corrected chi connectivity index (χ1v) is 9.38. The highest BCUT2D eigenvalue weighted by Crippen LogP contribution is 2.18. The maximum Gasteiger partial charge on any atom is 0.356 e. The Morgan fingerprint density at radius 2 is 1.83 bits per heavy atom. The van der Waals surface area contributed by atoms with E-state index < -0.39 is 5.97 Å². The molecule has 0 radical (unpaired) electrons. The number of hydrogen-bond donors (Lipinski definition) is 3. The van der Waals surface area contributed by atoms with Gasteiger partial charge in [0.2, 0.25) is 0 Å². The highest BCUT2D eigenvalue weighted by Gasteiger charge is 2.26. The fourth-order valence-corrected chi connectivity index (χ4v) is 3.18. The molecule has 1 unspecified atom stereocenters. The van der Waals surface area contributed by atoms with Crippen LogP contribution in [-0.4, -0.2) is 57.5 Å². The fourth-order valence-electron chi connectivity index (χ4n) is 3.18. The highest BCUT2D eigenvalue weighted by molar-refractivity contribution is 5.93. The van der Waals surface area contributed by atoms with Crippen LogP contribution >= 0.6 is 0 Å². The van der Waals surface area contributed by atoms with Gasteiger partial charge in [-0.1, -0.05) is 17.7 Å². The summed E-state index contributed by atoms with van der Waals surface area (Å²) in [4.78, 5) is 44.9. The molecule has 1 saturated heterocycles. The summed E-state index contributed by atoms with van der Waals surface area (Å²) in [5, 5.41) is 14.5. The predicted octanol–water partition coefficient (Wildman–Crippen LogP) is 2.16. The Hall–Kier alpha value is -3.49. The molecule has 0 spiro atoms. The predicted molar refractivity (Wildman–Crippen MR) is 106 cm³/mol. The van der Waals surface area contributed by atoms with Crippen molar-refractivity contribution in [1.29, 1.82) is 0 Å². The van der Waals surface area contributed by atoms with Gasteiger partial charge in [0.1, 0.15) is 5.69 Å². The lowest BCUT2D eigenvalue weighted by atomic mass is 9.98. The first-order chi connectivity index (χ1) is 13.9. The molecule has 1 fully saturated rings. The summed E-state index contributed by atoms with van der Waals surface area (Å²) >= 11 is 0. The fraction of sp³-hybridized carbons (Fsp3) is 0.350. The molecular weight excluding hydrogens is 374 g/mol. The molecule has 3 amide bonds. The van der Waals surface area contributed by atoms with Crippen molar-refractivity contribution in [2.45, 2.75) is 19.8 Å². The molecule has 1 atom stereocenters. The smallest absolute Gasteiger partial charge is 0.356 e. The maximum absolute atomic E-state index is 12.6. The number of anilines is 1. The number of aromatic carboxylic acids is 1. The van der Waals surface area contributed by atoms with Crippen molar-refractivity contribution in [3.63, 3.8) is 0 Å². The van der Waals surface area contributed by atoms with Crippen LogP contribution in [0.25, 0.3) is 0 Å². The normalized spacial score (nSPS) is 16.2. The number of urea groups is 1. The highest BCUT2D eigenvalue weighted by atomic mass is 16.4. The molecule has 1 aromatic heterocycles. The minimum Gasteiger partial charge on any atom is -0.476 e. The van der Waals surface area contributed by atoms with Crippen molar-refractivity contribution in [1.82, 2.24) is 20.2 Å². The number of nitrogens with zero attached hydrogens (tertiary/aromatic N) is 3. The van der Waals surface area contributed by atoms with E-state index in [9.17, 15) is 14.4 Å². The van der Waals surface area contributed by atoms with E-state index in [4.69, 9.17) is 5.11 Å². The topological polar surface area (TPSA) is 125 Å². The molecule has 0 saturated carbocycles. The van der Waals surface area contributed by atoms with Gasteiger partial charge >= 0.3 is 12.0 Å². The molecule has 9 heteroatoms. The number of likely N-dealkylation sites (tertiary alicyclic amines) is 1. The zero-order chi connectivity index (χ0) is 20.8. The zero-order valence-electron chi connectivity index (χ0n) is 16.1. The van der Waals surface area contributed by atoms with Crippen LogP contribution < -0.4 is 10.6 Å². The minimum absolute atomic E-state index is 0.112. The number of nitrogens with one attached hydrogen (secondary N) is 2. The van der Waals surface area contributed by atoms with Crippen molar-refractivity contribution in [2.24, 2.45) is 5.92 Å². The quantitative estimate of drug-likeness (QED) is 0.710. The van der Waals surface area contributed by atoms with Crippen molar-refractivity contribution >= 4 is 23.6 Å². The third-order valence-corrected chi connectivity index (χ3v) is 4.76. The zero-order valence-corrected chi connectivity index (χ0v) is 16.1. The number of carbonyl (C=O) groups excluding carboxylic acids is 2. The van der Waals surface area contributed by atoms with Gasteiger partial charge in [-0.3, -0.25) is 4.79 Å². The summed E-state index contributed by atoms with van der Waals surface area (Å²) in [5.74, 6) is -1.35. The Bertz CT molecular complexity index is 883. The minimum atomic E-state index is -1.19. The number of carbonyl (C=O) groups is 3. The number of amides is 3. The molecule has 3 N–H and O–H groups in total. The van der Waals surface area contributed by atoms with Gasteiger partial charge in [-0.25, -0.2) is 19.6 Å². The lowest BCUT2D eigenvalue weighted by Gasteiger charge is -2.32. The van der Waals surface area contributed by atoms with Crippen molar-refractivity contribution in [3.05, 3.63) is 53.6 Å². The Labute approximate surface area is 168 Å². The number of aromatic nitrogens is 2. The SMILES string of the molecule is Cc1ccc(NC(=O)NCC2CCCN(C(=O)c3cnc(C(=O)O)cn3)C2)cc1. The maximum atomic E-state index is 12.6. The van der Waals surface area contributed by atoms with Crippen LogP contribution in [0, 0.1) is 12.8 Å². The second-order valence-corrected chi connectivity index (χ2v) is 7.05. The molecular formula is C20H23N5O4. The number of carboxylic acid groups (broad SMARTS) is 1. The summed E-state index contributed by atoms with van der Waals surface area (Å²) in [6.07, 6.45) is 3.98. The third kappa shape index (κ3) is 5.50. The van der Waals surface area contributed by atoms with E-state index >= 15 is 0 Å². The Morgan fingerprint density at radius 3 is 2.48 bits per heavy atom. The van der Waals surface area contributed by atoms with E-state index in [1.807, 2.05) is 31.2 Å². The summed E-state index contributed by atoms with van der Waals surface area (Å²) in [5.41, 5.74) is 1.74. The molecule has 3 rings (SSSR count). The summed E-state index contributed by atoms with van der Waals surface area (Å²) in [6.45, 7) is 3.51. The van der Waals surface area contributed by atoms with Crippen molar-refractivity contribution < 1.29 is 19.5 Å². The van der Waals surface area contributed by atoms with Gasteiger partial charge in [0.05, 0.1) is 12.4 Å². The molecule has 29 heavy (non-hydrogen) atoms. The molecule has 1 aromatic carbocycles. The summed E-state index contributed by atoms with van der Waals surface area (Å²) in [7, 11) is 0. The average molecular weight is 397 g/mol. The van der Waals surface area contributed by atoms with Crippen LogP contribution in [0.15, 0.2) is 36.7 Å². The number of carboxylic acids is 1. The molecule has 2 heterocycles. The summed E-state index contributed by atoms with van der Waals surface area (Å²) < 4.78 is 0. The average Bonchev–Trinajstić information content (AvgIpc) is 2.73. The van der Waals surface area contributed by atoms with Crippen LogP contribution in [0.5, 0.6) is 0 Å². The Balaban J connectivity index is 1.50. The molecule has 152 valence electrons. The van der Waals surface area contributed by atoms with Crippen LogP contribution in [-0.2, 0) is 0 Å². The number of rotatable bonds is 5. The van der Waals surface area contributed by atoms with Gasteiger partial charge in [-0.05, 0) is 37.8 Å². The molecule has 0 aliphatic carbocycles. The van der Waals surface area contributed by atoms with E-state index in [1.165, 1.54) is 6.20 Å². The van der Waals surface area contributed by atoms with Gasteiger partial charge < -0.3 is 20.6 Å². The van der Waals surface area contributed by atoms with Crippen molar-refractivity contribution in [3.8, 4) is 0 Å². The summed E-state index contributed by atoms with van der Waals surface area (Å²) in [6, 6.07) is 7.24. The molecule has 1 aliphatic heterocycles. The van der Waals surface area contributed by atoms with Gasteiger partial charge in [-0.15, -0.1) is 0 Å². The second-order valence-electron chi connectivity index (χ2n) is 7.05. The van der Waals surface area contributed by atoms with E-state index in [2.05, 4.69) is 20.6 Å². The molecule has 0 bridgehead atoms. The lowest BCUT2D eigenvalue weighted by Crippen LogP contribution is -2.44. The first kappa shape index (κ1) is 20.2. The van der Waals surface area contributed by atoms with Gasteiger partial charge in [-0.2, -0.15) is 0 Å². The molecule has 9 nitrogen and oxygen atoms in total. The third-order valence-electron chi connectivity index (χ3n) is 4.76. The van der Waals surface area contributed by atoms with Gasteiger partial charge in [0, 0.05) is 25.3 Å². The monoisotopic (exact) mass is 397 g/mol. The number of hydrogen-bond acceptors (Lipinski definition) is 5. The largest absolute Gasteiger partial charge is 0.476 e. The van der Waals surface area contributed by atoms with Gasteiger partial charge in [0.25, 0.3) is 5.91 Å². The standard InChI is InChI=1S/C20H23N5O4/c1-13-4-6-15(7-5-13)24-20(29)23-9-14-3-2-8-25(12-14)18(26)16-10-22-17(11-21-16)19(27)28/h4-7,10-11,14H,2-3,8-9,12H2,1H3,(H,27,28)(H2,23,24,29). The Morgan fingerprint density at radius 1 is 1.14 bits per heavy atom. The number of piperidine rings is 1. The number of benzene rings is 1.